The van der Waals surface area contributed by atoms with Crippen molar-refractivity contribution in [1.29, 1.82) is 0 Å². The number of benzene rings is 2. The van der Waals surface area contributed by atoms with Gasteiger partial charge in [-0.1, -0.05) is 31.2 Å². The van der Waals surface area contributed by atoms with Gasteiger partial charge in [0, 0.05) is 26.1 Å². The number of nitrogens with zero attached hydrogens (tertiary/aromatic N) is 1. The molecule has 1 amide bonds. The van der Waals surface area contributed by atoms with Crippen molar-refractivity contribution in [3.8, 4) is 0 Å². The highest BCUT2D eigenvalue weighted by Gasteiger charge is 2.24. The van der Waals surface area contributed by atoms with Crippen LogP contribution < -0.4 is 10.6 Å². The highest BCUT2D eigenvalue weighted by molar-refractivity contribution is 5.92. The van der Waals surface area contributed by atoms with Crippen molar-refractivity contribution in [2.24, 2.45) is 0 Å². The van der Waals surface area contributed by atoms with Gasteiger partial charge in [0.05, 0.1) is 12.1 Å². The van der Waals surface area contributed by atoms with E-state index in [2.05, 4.69) is 28.6 Å². The van der Waals surface area contributed by atoms with E-state index in [0.29, 0.717) is 18.0 Å². The second kappa shape index (κ2) is 11.0. The standard InChI is InChI=1S/C24H27F2N3O3/c1-3-16-5-4-6-17(7-16)12-27-13-23(30)21(10-18-8-19(25)11-20(26)9-18)29-24(31)22-14-32-15(2)28-22/h4-9,11,14,21,23,27,30H,3,10,12-13H2,1-2H3,(H,29,31)/t21-,23+/m1/s1. The third kappa shape index (κ3) is 6.70. The highest BCUT2D eigenvalue weighted by atomic mass is 19.1. The number of hydrogen-bond acceptors (Lipinski definition) is 5. The molecule has 0 saturated carbocycles. The molecule has 3 rings (SSSR count). The van der Waals surface area contributed by atoms with Crippen LogP contribution in [0.1, 0.15) is 40.0 Å². The van der Waals surface area contributed by atoms with E-state index in [1.165, 1.54) is 24.0 Å². The Morgan fingerprint density at radius 1 is 1.12 bits per heavy atom. The zero-order valence-electron chi connectivity index (χ0n) is 18.1. The van der Waals surface area contributed by atoms with Crippen LogP contribution in [0.15, 0.2) is 53.1 Å². The number of nitrogens with one attached hydrogen (secondary N) is 2. The Morgan fingerprint density at radius 3 is 2.50 bits per heavy atom. The zero-order valence-corrected chi connectivity index (χ0v) is 18.1. The molecular formula is C24H27F2N3O3. The van der Waals surface area contributed by atoms with Crippen LogP contribution in [0.2, 0.25) is 0 Å². The number of amides is 1. The van der Waals surface area contributed by atoms with Gasteiger partial charge in [0.1, 0.15) is 17.9 Å². The lowest BCUT2D eigenvalue weighted by molar-refractivity contribution is 0.0825. The molecule has 3 aromatic rings. The summed E-state index contributed by atoms with van der Waals surface area (Å²) < 4.78 is 32.3. The molecule has 0 fully saturated rings. The molecule has 0 radical (unpaired) electrons. The van der Waals surface area contributed by atoms with Gasteiger partial charge in [-0.3, -0.25) is 4.79 Å². The molecule has 8 heteroatoms. The molecule has 0 aliphatic carbocycles. The molecule has 0 bridgehead atoms. The number of halogens is 2. The monoisotopic (exact) mass is 443 g/mol. The van der Waals surface area contributed by atoms with Gasteiger partial charge in [0.2, 0.25) is 0 Å². The van der Waals surface area contributed by atoms with Crippen LogP contribution >= 0.6 is 0 Å². The Morgan fingerprint density at radius 2 is 1.84 bits per heavy atom. The van der Waals surface area contributed by atoms with Crippen molar-refractivity contribution in [2.75, 3.05) is 6.54 Å². The van der Waals surface area contributed by atoms with Crippen molar-refractivity contribution in [3.05, 3.63) is 88.6 Å². The van der Waals surface area contributed by atoms with Crippen molar-refractivity contribution < 1.29 is 23.1 Å². The molecule has 170 valence electrons. The van der Waals surface area contributed by atoms with Crippen LogP contribution in [0.4, 0.5) is 8.78 Å². The van der Waals surface area contributed by atoms with Crippen LogP contribution in [0.3, 0.4) is 0 Å². The number of oxazole rings is 1. The smallest absolute Gasteiger partial charge is 0.273 e. The van der Waals surface area contributed by atoms with E-state index in [4.69, 9.17) is 4.42 Å². The van der Waals surface area contributed by atoms with Crippen molar-refractivity contribution in [1.82, 2.24) is 15.6 Å². The maximum absolute atomic E-state index is 13.6. The fourth-order valence-electron chi connectivity index (χ4n) is 3.44. The minimum atomic E-state index is -1.02. The molecule has 0 saturated heterocycles. The van der Waals surface area contributed by atoms with Gasteiger partial charge >= 0.3 is 0 Å². The van der Waals surface area contributed by atoms with Crippen LogP contribution in [-0.2, 0) is 19.4 Å². The van der Waals surface area contributed by atoms with Crippen LogP contribution in [0, 0.1) is 18.6 Å². The summed E-state index contributed by atoms with van der Waals surface area (Å²) in [7, 11) is 0. The number of carbonyl (C=O) groups is 1. The normalized spacial score (nSPS) is 13.0. The Kier molecular flexibility index (Phi) is 8.08. The maximum Gasteiger partial charge on any atom is 0.273 e. The van der Waals surface area contributed by atoms with E-state index in [0.717, 1.165) is 18.1 Å². The van der Waals surface area contributed by atoms with Crippen molar-refractivity contribution in [3.63, 3.8) is 0 Å². The number of carbonyl (C=O) groups excluding carboxylic acids is 1. The van der Waals surface area contributed by atoms with Crippen molar-refractivity contribution in [2.45, 2.75) is 45.4 Å². The molecule has 1 heterocycles. The van der Waals surface area contributed by atoms with E-state index in [9.17, 15) is 18.7 Å². The predicted octanol–water partition coefficient (Wildman–Crippen LogP) is 3.32. The summed E-state index contributed by atoms with van der Waals surface area (Å²) in [4.78, 5) is 16.5. The summed E-state index contributed by atoms with van der Waals surface area (Å²) in [6.45, 7) is 4.38. The van der Waals surface area contributed by atoms with Gasteiger partial charge in [-0.25, -0.2) is 13.8 Å². The quantitative estimate of drug-likeness (QED) is 0.448. The second-order valence-corrected chi connectivity index (χ2v) is 7.69. The van der Waals surface area contributed by atoms with E-state index < -0.39 is 29.7 Å². The predicted molar refractivity (Wildman–Crippen MR) is 116 cm³/mol. The second-order valence-electron chi connectivity index (χ2n) is 7.69. The van der Waals surface area contributed by atoms with Gasteiger partial charge in [-0.05, 0) is 41.7 Å². The number of aliphatic hydroxyl groups excluding tert-OH is 1. The van der Waals surface area contributed by atoms with Gasteiger partial charge in [0.25, 0.3) is 5.91 Å². The lowest BCUT2D eigenvalue weighted by Crippen LogP contribution is -2.48. The Bertz CT molecular complexity index is 1030. The summed E-state index contributed by atoms with van der Waals surface area (Å²) in [6, 6.07) is 10.4. The van der Waals surface area contributed by atoms with E-state index in [1.807, 2.05) is 18.2 Å². The van der Waals surface area contributed by atoms with E-state index >= 15 is 0 Å². The Hall–Kier alpha value is -3.10. The SMILES string of the molecule is CCc1cccc(CNC[C@H](O)[C@@H](Cc2cc(F)cc(F)c2)NC(=O)c2coc(C)n2)c1. The first-order chi connectivity index (χ1) is 15.3. The van der Waals surface area contributed by atoms with E-state index in [1.54, 1.807) is 6.92 Å². The van der Waals surface area contributed by atoms with E-state index in [-0.39, 0.29) is 18.7 Å². The Labute approximate surface area is 185 Å². The first-order valence-corrected chi connectivity index (χ1v) is 10.5. The average Bonchev–Trinajstić information content (AvgIpc) is 3.19. The van der Waals surface area contributed by atoms with Gasteiger partial charge < -0.3 is 20.2 Å². The molecule has 1 aromatic heterocycles. The van der Waals surface area contributed by atoms with Crippen LogP contribution in [0.5, 0.6) is 0 Å². The third-order valence-electron chi connectivity index (χ3n) is 5.09. The highest BCUT2D eigenvalue weighted by Crippen LogP contribution is 2.13. The summed E-state index contributed by atoms with van der Waals surface area (Å²) in [5.41, 5.74) is 2.67. The first kappa shape index (κ1) is 23.6. The van der Waals surface area contributed by atoms with Gasteiger partial charge in [-0.15, -0.1) is 0 Å². The summed E-state index contributed by atoms with van der Waals surface area (Å²) in [5.74, 6) is -1.66. The summed E-state index contributed by atoms with van der Waals surface area (Å²) in [6.07, 6.45) is 1.16. The lowest BCUT2D eigenvalue weighted by Gasteiger charge is -2.24. The molecule has 0 spiro atoms. The molecular weight excluding hydrogens is 416 g/mol. The largest absolute Gasteiger partial charge is 0.448 e. The van der Waals surface area contributed by atoms with Crippen LogP contribution in [0.25, 0.3) is 0 Å². The molecule has 0 unspecified atom stereocenters. The van der Waals surface area contributed by atoms with Crippen molar-refractivity contribution >= 4 is 5.91 Å². The van der Waals surface area contributed by atoms with Gasteiger partial charge in [0.15, 0.2) is 11.6 Å². The molecule has 0 aliphatic heterocycles. The molecule has 3 N–H and O–H groups in total. The molecule has 2 atom stereocenters. The maximum atomic E-state index is 13.6. The zero-order chi connectivity index (χ0) is 23.1. The molecule has 0 aliphatic rings. The lowest BCUT2D eigenvalue weighted by atomic mass is 10.00. The number of aromatic nitrogens is 1. The fraction of sp³-hybridized carbons (Fsp3) is 0.333. The molecule has 2 aromatic carbocycles. The average molecular weight is 443 g/mol. The number of aliphatic hydroxyl groups is 1. The topological polar surface area (TPSA) is 87.4 Å². The number of rotatable bonds is 10. The minimum Gasteiger partial charge on any atom is -0.448 e. The van der Waals surface area contributed by atoms with Crippen LogP contribution in [-0.4, -0.2) is 34.7 Å². The third-order valence-corrected chi connectivity index (χ3v) is 5.09. The van der Waals surface area contributed by atoms with Gasteiger partial charge in [-0.2, -0.15) is 0 Å². The summed E-state index contributed by atoms with van der Waals surface area (Å²) >= 11 is 0. The number of hydrogen-bond donors (Lipinski definition) is 3. The fourth-order valence-corrected chi connectivity index (χ4v) is 3.44. The Balaban J connectivity index is 1.68. The number of aryl methyl sites for hydroxylation is 2. The molecule has 32 heavy (non-hydrogen) atoms. The summed E-state index contributed by atoms with van der Waals surface area (Å²) in [5, 5.41) is 16.7. The minimum absolute atomic E-state index is 0.0332. The first-order valence-electron chi connectivity index (χ1n) is 10.5. The molecule has 6 nitrogen and oxygen atoms in total.